The summed E-state index contributed by atoms with van der Waals surface area (Å²) in [6, 6.07) is 7.84. The van der Waals surface area contributed by atoms with Gasteiger partial charge in [-0.1, -0.05) is 11.6 Å². The summed E-state index contributed by atoms with van der Waals surface area (Å²) in [5.74, 6) is -1.09. The number of hydrogen-bond acceptors (Lipinski definition) is 4. The quantitative estimate of drug-likeness (QED) is 0.731. The van der Waals surface area contributed by atoms with E-state index in [1.807, 2.05) is 0 Å². The highest BCUT2D eigenvalue weighted by Gasteiger charge is 2.29. The molecule has 1 aliphatic rings. The van der Waals surface area contributed by atoms with Gasteiger partial charge in [0.1, 0.15) is 5.82 Å². The predicted molar refractivity (Wildman–Crippen MR) is 103 cm³/mol. The summed E-state index contributed by atoms with van der Waals surface area (Å²) in [4.78, 5) is 12.5. The number of morpholine rings is 1. The van der Waals surface area contributed by atoms with E-state index in [9.17, 15) is 17.6 Å². The van der Waals surface area contributed by atoms with Crippen LogP contribution >= 0.6 is 27.5 Å². The van der Waals surface area contributed by atoms with Crippen molar-refractivity contribution in [2.24, 2.45) is 0 Å². The lowest BCUT2D eigenvalue weighted by Gasteiger charge is -2.26. The SMILES string of the molecule is O=C(Nc1ccc(F)cc1Cl)c1ccc(Br)c(S(=O)(=O)N2CCOCC2)c1. The van der Waals surface area contributed by atoms with Crippen molar-refractivity contribution >= 4 is 49.1 Å². The molecule has 1 saturated heterocycles. The van der Waals surface area contributed by atoms with Crippen molar-refractivity contribution in [1.82, 2.24) is 4.31 Å². The van der Waals surface area contributed by atoms with Crippen molar-refractivity contribution in [2.45, 2.75) is 4.90 Å². The fourth-order valence-electron chi connectivity index (χ4n) is 2.55. The van der Waals surface area contributed by atoms with Gasteiger partial charge in [-0.2, -0.15) is 4.31 Å². The number of amides is 1. The molecule has 6 nitrogen and oxygen atoms in total. The van der Waals surface area contributed by atoms with Crippen molar-refractivity contribution in [1.29, 1.82) is 0 Å². The van der Waals surface area contributed by atoms with Crippen LogP contribution in [0.2, 0.25) is 5.02 Å². The molecule has 2 aromatic rings. The van der Waals surface area contributed by atoms with Crippen LogP contribution in [0.25, 0.3) is 0 Å². The molecule has 0 spiro atoms. The molecule has 0 bridgehead atoms. The van der Waals surface area contributed by atoms with E-state index in [2.05, 4.69) is 21.2 Å². The Hall–Kier alpha value is -1.52. The van der Waals surface area contributed by atoms with Crippen LogP contribution < -0.4 is 5.32 Å². The van der Waals surface area contributed by atoms with E-state index in [0.29, 0.717) is 17.7 Å². The smallest absolute Gasteiger partial charge is 0.255 e. The largest absolute Gasteiger partial charge is 0.379 e. The molecule has 0 saturated carbocycles. The number of sulfonamides is 1. The highest BCUT2D eigenvalue weighted by Crippen LogP contribution is 2.28. The molecule has 1 fully saturated rings. The molecule has 10 heteroatoms. The molecule has 1 N–H and O–H groups in total. The van der Waals surface area contributed by atoms with Gasteiger partial charge in [0.25, 0.3) is 5.91 Å². The van der Waals surface area contributed by atoms with Gasteiger partial charge in [0.05, 0.1) is 28.8 Å². The molecule has 0 radical (unpaired) electrons. The summed E-state index contributed by atoms with van der Waals surface area (Å²) in [7, 11) is -3.78. The van der Waals surface area contributed by atoms with Crippen LogP contribution in [0.5, 0.6) is 0 Å². The van der Waals surface area contributed by atoms with Crippen LogP contribution in [0.3, 0.4) is 0 Å². The Bertz CT molecular complexity index is 981. The standard InChI is InChI=1S/C17H15BrClFN2O4S/c18-13-3-1-11(17(23)21-15-4-2-12(20)10-14(15)19)9-16(13)27(24,25)22-5-7-26-8-6-22/h1-4,9-10H,5-8H2,(H,21,23). The average Bonchev–Trinajstić information content (AvgIpc) is 2.65. The van der Waals surface area contributed by atoms with Gasteiger partial charge in [0.15, 0.2) is 0 Å². The zero-order valence-electron chi connectivity index (χ0n) is 13.9. The fraction of sp³-hybridized carbons (Fsp3) is 0.235. The molecule has 0 aliphatic carbocycles. The number of hydrogen-bond donors (Lipinski definition) is 1. The lowest BCUT2D eigenvalue weighted by Crippen LogP contribution is -2.40. The number of rotatable bonds is 4. The minimum Gasteiger partial charge on any atom is -0.379 e. The Morgan fingerprint density at radius 3 is 2.56 bits per heavy atom. The second-order valence-corrected chi connectivity index (χ2v) is 8.91. The zero-order valence-corrected chi connectivity index (χ0v) is 17.1. The van der Waals surface area contributed by atoms with Gasteiger partial charge in [0, 0.05) is 23.1 Å². The van der Waals surface area contributed by atoms with Crippen LogP contribution in [-0.2, 0) is 14.8 Å². The maximum atomic E-state index is 13.1. The third-order valence-electron chi connectivity index (χ3n) is 3.96. The summed E-state index contributed by atoms with van der Waals surface area (Å²) >= 11 is 9.15. The molecular weight excluding hydrogens is 463 g/mol. The van der Waals surface area contributed by atoms with E-state index in [1.54, 1.807) is 0 Å². The topological polar surface area (TPSA) is 75.7 Å². The normalized spacial score (nSPS) is 15.5. The second-order valence-electron chi connectivity index (χ2n) is 5.74. The van der Waals surface area contributed by atoms with E-state index in [0.717, 1.165) is 12.1 Å². The van der Waals surface area contributed by atoms with Gasteiger partial charge in [-0.25, -0.2) is 12.8 Å². The van der Waals surface area contributed by atoms with E-state index in [1.165, 1.54) is 28.6 Å². The van der Waals surface area contributed by atoms with Crippen molar-refractivity contribution < 1.29 is 22.3 Å². The monoisotopic (exact) mass is 476 g/mol. The molecule has 0 unspecified atom stereocenters. The summed E-state index contributed by atoms with van der Waals surface area (Å²) in [5, 5.41) is 2.59. The Morgan fingerprint density at radius 2 is 1.89 bits per heavy atom. The summed E-state index contributed by atoms with van der Waals surface area (Å²) in [5.41, 5.74) is 0.356. The third kappa shape index (κ3) is 4.49. The molecular formula is C17H15BrClFN2O4S. The van der Waals surface area contributed by atoms with E-state index < -0.39 is 21.7 Å². The number of benzene rings is 2. The van der Waals surface area contributed by atoms with Crippen LogP contribution in [0.4, 0.5) is 10.1 Å². The number of carbonyl (C=O) groups excluding carboxylic acids is 1. The zero-order chi connectivity index (χ0) is 19.6. The van der Waals surface area contributed by atoms with Gasteiger partial charge in [-0.05, 0) is 52.3 Å². The number of nitrogens with zero attached hydrogens (tertiary/aromatic N) is 1. The molecule has 1 heterocycles. The maximum absolute atomic E-state index is 13.1. The van der Waals surface area contributed by atoms with Crippen molar-refractivity contribution in [3.63, 3.8) is 0 Å². The van der Waals surface area contributed by atoms with Gasteiger partial charge < -0.3 is 10.1 Å². The molecule has 144 valence electrons. The highest BCUT2D eigenvalue weighted by atomic mass is 79.9. The lowest BCUT2D eigenvalue weighted by molar-refractivity contribution is 0.0730. The lowest BCUT2D eigenvalue weighted by atomic mass is 10.2. The van der Waals surface area contributed by atoms with Crippen molar-refractivity contribution in [3.05, 3.63) is 57.3 Å². The number of ether oxygens (including phenoxy) is 1. The van der Waals surface area contributed by atoms with E-state index >= 15 is 0 Å². The van der Waals surface area contributed by atoms with Gasteiger partial charge in [-0.3, -0.25) is 4.79 Å². The highest BCUT2D eigenvalue weighted by molar-refractivity contribution is 9.10. The minimum atomic E-state index is -3.78. The maximum Gasteiger partial charge on any atom is 0.255 e. The van der Waals surface area contributed by atoms with E-state index in [-0.39, 0.29) is 34.3 Å². The first-order chi connectivity index (χ1) is 12.8. The Balaban J connectivity index is 1.89. The van der Waals surface area contributed by atoms with Gasteiger partial charge >= 0.3 is 0 Å². The van der Waals surface area contributed by atoms with Crippen LogP contribution in [0.15, 0.2) is 45.8 Å². The minimum absolute atomic E-state index is 0.0118. The third-order valence-corrected chi connectivity index (χ3v) is 7.17. The molecule has 1 amide bonds. The summed E-state index contributed by atoms with van der Waals surface area (Å²) in [6.45, 7) is 1.13. The first-order valence-electron chi connectivity index (χ1n) is 7.93. The Labute approximate surface area is 169 Å². The van der Waals surface area contributed by atoms with Crippen molar-refractivity contribution in [3.8, 4) is 0 Å². The number of nitrogens with one attached hydrogen (secondary N) is 1. The van der Waals surface area contributed by atoms with Gasteiger partial charge in [-0.15, -0.1) is 0 Å². The second kappa shape index (κ2) is 8.24. The average molecular weight is 478 g/mol. The molecule has 0 aromatic heterocycles. The van der Waals surface area contributed by atoms with Gasteiger partial charge in [0.2, 0.25) is 10.0 Å². The first kappa shape index (κ1) is 20.2. The molecule has 0 atom stereocenters. The Kier molecular flexibility index (Phi) is 6.17. The molecule has 1 aliphatic heterocycles. The number of anilines is 1. The van der Waals surface area contributed by atoms with Crippen molar-refractivity contribution in [2.75, 3.05) is 31.6 Å². The van der Waals surface area contributed by atoms with Crippen LogP contribution in [0.1, 0.15) is 10.4 Å². The molecule has 27 heavy (non-hydrogen) atoms. The number of halogens is 3. The van der Waals surface area contributed by atoms with Crippen LogP contribution in [0, 0.1) is 5.82 Å². The van der Waals surface area contributed by atoms with E-state index in [4.69, 9.17) is 16.3 Å². The Morgan fingerprint density at radius 1 is 1.19 bits per heavy atom. The van der Waals surface area contributed by atoms with Crippen LogP contribution in [-0.4, -0.2) is 44.9 Å². The number of carbonyl (C=O) groups is 1. The molecule has 2 aromatic carbocycles. The molecule has 3 rings (SSSR count). The summed E-state index contributed by atoms with van der Waals surface area (Å²) < 4.78 is 45.7. The predicted octanol–water partition coefficient (Wildman–Crippen LogP) is 3.51. The fourth-order valence-corrected chi connectivity index (χ4v) is 5.13. The summed E-state index contributed by atoms with van der Waals surface area (Å²) in [6.07, 6.45) is 0. The first-order valence-corrected chi connectivity index (χ1v) is 10.5.